The van der Waals surface area contributed by atoms with Gasteiger partial charge < -0.3 is 4.42 Å². The van der Waals surface area contributed by atoms with Crippen LogP contribution < -0.4 is 0 Å². The summed E-state index contributed by atoms with van der Waals surface area (Å²) in [7, 11) is 0. The molecule has 0 atom stereocenters. The van der Waals surface area contributed by atoms with Crippen molar-refractivity contribution in [3.63, 3.8) is 0 Å². The van der Waals surface area contributed by atoms with E-state index in [2.05, 4.69) is 24.0 Å². The zero-order valence-corrected chi connectivity index (χ0v) is 9.38. The molecule has 0 bridgehead atoms. The molecular formula is C11H11ClN2O. The van der Waals surface area contributed by atoms with Crippen LogP contribution in [0.15, 0.2) is 22.6 Å². The Morgan fingerprint density at radius 1 is 1.20 bits per heavy atom. The van der Waals surface area contributed by atoms with Gasteiger partial charge in [0.25, 0.3) is 0 Å². The summed E-state index contributed by atoms with van der Waals surface area (Å²) in [4.78, 5) is 0. The number of aryl methyl sites for hydroxylation is 2. The molecule has 1 aromatic heterocycles. The van der Waals surface area contributed by atoms with Crippen LogP contribution in [0, 0.1) is 13.8 Å². The average Bonchev–Trinajstić information content (AvgIpc) is 2.70. The molecule has 0 spiro atoms. The lowest BCUT2D eigenvalue weighted by Gasteiger charge is -2.00. The van der Waals surface area contributed by atoms with E-state index >= 15 is 0 Å². The third-order valence-electron chi connectivity index (χ3n) is 2.34. The summed E-state index contributed by atoms with van der Waals surface area (Å²) in [5, 5.41) is 7.74. The molecule has 1 aromatic carbocycles. The lowest BCUT2D eigenvalue weighted by molar-refractivity contribution is 0.527. The van der Waals surface area contributed by atoms with Crippen LogP contribution in [-0.2, 0) is 5.88 Å². The Morgan fingerprint density at radius 3 is 2.60 bits per heavy atom. The molecule has 0 aliphatic carbocycles. The van der Waals surface area contributed by atoms with E-state index in [4.69, 9.17) is 16.0 Å². The van der Waals surface area contributed by atoms with Crippen molar-refractivity contribution in [3.05, 3.63) is 35.2 Å². The molecular weight excluding hydrogens is 212 g/mol. The molecule has 0 unspecified atom stereocenters. The van der Waals surface area contributed by atoms with Crippen molar-refractivity contribution in [3.8, 4) is 11.5 Å². The van der Waals surface area contributed by atoms with Gasteiger partial charge in [-0.15, -0.1) is 21.8 Å². The summed E-state index contributed by atoms with van der Waals surface area (Å²) in [5.41, 5.74) is 3.39. The van der Waals surface area contributed by atoms with E-state index in [0.717, 1.165) is 5.56 Å². The van der Waals surface area contributed by atoms with Crippen molar-refractivity contribution in [2.75, 3.05) is 0 Å². The zero-order valence-electron chi connectivity index (χ0n) is 8.62. The summed E-state index contributed by atoms with van der Waals surface area (Å²) in [6.07, 6.45) is 0. The van der Waals surface area contributed by atoms with Gasteiger partial charge in [0.1, 0.15) is 5.88 Å². The van der Waals surface area contributed by atoms with E-state index in [-0.39, 0.29) is 5.88 Å². The Balaban J connectivity index is 2.40. The molecule has 0 aliphatic heterocycles. The number of nitrogens with zero attached hydrogens (tertiary/aromatic N) is 2. The molecule has 0 fully saturated rings. The molecule has 15 heavy (non-hydrogen) atoms. The Labute approximate surface area is 93.1 Å². The van der Waals surface area contributed by atoms with Crippen molar-refractivity contribution in [2.45, 2.75) is 19.7 Å². The molecule has 2 aromatic rings. The topological polar surface area (TPSA) is 38.9 Å². The summed E-state index contributed by atoms with van der Waals surface area (Å²) < 4.78 is 5.36. The van der Waals surface area contributed by atoms with Gasteiger partial charge in [-0.05, 0) is 37.1 Å². The van der Waals surface area contributed by atoms with E-state index < -0.39 is 0 Å². The van der Waals surface area contributed by atoms with Crippen LogP contribution in [0.25, 0.3) is 11.5 Å². The maximum absolute atomic E-state index is 5.59. The second-order valence-electron chi connectivity index (χ2n) is 3.43. The molecule has 0 N–H and O–H groups in total. The molecule has 78 valence electrons. The van der Waals surface area contributed by atoms with Crippen molar-refractivity contribution < 1.29 is 4.42 Å². The molecule has 1 heterocycles. The van der Waals surface area contributed by atoms with E-state index in [1.165, 1.54) is 11.1 Å². The van der Waals surface area contributed by atoms with Crippen molar-refractivity contribution in [1.82, 2.24) is 10.2 Å². The zero-order chi connectivity index (χ0) is 10.8. The van der Waals surface area contributed by atoms with Gasteiger partial charge in [0, 0.05) is 5.56 Å². The minimum absolute atomic E-state index is 0.248. The lowest BCUT2D eigenvalue weighted by Crippen LogP contribution is -1.83. The molecule has 0 saturated carbocycles. The second kappa shape index (κ2) is 4.03. The predicted molar refractivity (Wildman–Crippen MR) is 58.8 cm³/mol. The normalized spacial score (nSPS) is 10.6. The predicted octanol–water partition coefficient (Wildman–Crippen LogP) is 3.09. The largest absolute Gasteiger partial charge is 0.419 e. The van der Waals surface area contributed by atoms with E-state index in [1.807, 2.05) is 18.2 Å². The van der Waals surface area contributed by atoms with Crippen molar-refractivity contribution in [2.24, 2.45) is 0 Å². The monoisotopic (exact) mass is 222 g/mol. The minimum atomic E-state index is 0.248. The fraction of sp³-hybridized carbons (Fsp3) is 0.273. The third kappa shape index (κ3) is 2.02. The summed E-state index contributed by atoms with van der Waals surface area (Å²) in [6, 6.07) is 6.03. The smallest absolute Gasteiger partial charge is 0.247 e. The number of aromatic nitrogens is 2. The van der Waals surface area contributed by atoms with E-state index in [1.54, 1.807) is 0 Å². The maximum atomic E-state index is 5.59. The highest BCUT2D eigenvalue weighted by Gasteiger charge is 2.07. The fourth-order valence-electron chi connectivity index (χ4n) is 1.30. The Hall–Kier alpha value is -1.35. The van der Waals surface area contributed by atoms with Gasteiger partial charge in [-0.1, -0.05) is 6.07 Å². The third-order valence-corrected chi connectivity index (χ3v) is 2.56. The lowest BCUT2D eigenvalue weighted by atomic mass is 10.1. The van der Waals surface area contributed by atoms with Gasteiger partial charge in [-0.25, -0.2) is 0 Å². The van der Waals surface area contributed by atoms with Gasteiger partial charge in [0.2, 0.25) is 11.8 Å². The van der Waals surface area contributed by atoms with Crippen LogP contribution >= 0.6 is 11.6 Å². The first-order valence-corrected chi connectivity index (χ1v) is 5.20. The average molecular weight is 223 g/mol. The van der Waals surface area contributed by atoms with Gasteiger partial charge >= 0.3 is 0 Å². The fourth-order valence-corrected chi connectivity index (χ4v) is 1.41. The van der Waals surface area contributed by atoms with Crippen LogP contribution in [0.5, 0.6) is 0 Å². The molecule has 0 saturated heterocycles. The molecule has 0 aliphatic rings. The van der Waals surface area contributed by atoms with Crippen molar-refractivity contribution in [1.29, 1.82) is 0 Å². The number of rotatable bonds is 2. The standard InChI is InChI=1S/C11H11ClN2O/c1-7-3-4-9(5-8(7)2)11-14-13-10(6-12)15-11/h3-5H,6H2,1-2H3. The van der Waals surface area contributed by atoms with Crippen LogP contribution in [0.4, 0.5) is 0 Å². The van der Waals surface area contributed by atoms with Crippen LogP contribution in [0.3, 0.4) is 0 Å². The first-order valence-electron chi connectivity index (χ1n) is 4.66. The summed E-state index contributed by atoms with van der Waals surface area (Å²) >= 11 is 5.59. The highest BCUT2D eigenvalue weighted by atomic mass is 35.5. The first kappa shape index (κ1) is 10.2. The number of hydrogen-bond donors (Lipinski definition) is 0. The highest BCUT2D eigenvalue weighted by Crippen LogP contribution is 2.21. The van der Waals surface area contributed by atoms with E-state index in [9.17, 15) is 0 Å². The number of benzene rings is 1. The summed E-state index contributed by atoms with van der Waals surface area (Å²) in [5.74, 6) is 1.22. The van der Waals surface area contributed by atoms with Gasteiger partial charge in [-0.2, -0.15) is 0 Å². The second-order valence-corrected chi connectivity index (χ2v) is 3.70. The Morgan fingerprint density at radius 2 is 2.00 bits per heavy atom. The quantitative estimate of drug-likeness (QED) is 0.733. The van der Waals surface area contributed by atoms with Gasteiger partial charge in [0.15, 0.2) is 0 Å². The van der Waals surface area contributed by atoms with Gasteiger partial charge in [0.05, 0.1) is 0 Å². The number of hydrogen-bond acceptors (Lipinski definition) is 3. The molecule has 4 heteroatoms. The Kier molecular flexibility index (Phi) is 2.73. The van der Waals surface area contributed by atoms with Crippen LogP contribution in [0.2, 0.25) is 0 Å². The van der Waals surface area contributed by atoms with Gasteiger partial charge in [-0.3, -0.25) is 0 Å². The molecule has 2 rings (SSSR count). The Bertz CT molecular complexity index is 479. The van der Waals surface area contributed by atoms with Crippen LogP contribution in [-0.4, -0.2) is 10.2 Å². The summed E-state index contributed by atoms with van der Waals surface area (Å²) in [6.45, 7) is 4.12. The SMILES string of the molecule is Cc1ccc(-c2nnc(CCl)o2)cc1C. The minimum Gasteiger partial charge on any atom is -0.419 e. The van der Waals surface area contributed by atoms with Crippen LogP contribution in [0.1, 0.15) is 17.0 Å². The first-order chi connectivity index (χ1) is 7.20. The molecule has 3 nitrogen and oxygen atoms in total. The van der Waals surface area contributed by atoms with E-state index in [0.29, 0.717) is 11.8 Å². The number of alkyl halides is 1. The highest BCUT2D eigenvalue weighted by molar-refractivity contribution is 6.16. The number of halogens is 1. The molecule has 0 radical (unpaired) electrons. The molecule has 0 amide bonds. The maximum Gasteiger partial charge on any atom is 0.247 e. The van der Waals surface area contributed by atoms with Crippen molar-refractivity contribution >= 4 is 11.6 Å².